The number of carbonyl (C=O) groups is 2. The van der Waals surface area contributed by atoms with Crippen LogP contribution in [-0.2, 0) is 11.3 Å². The van der Waals surface area contributed by atoms with Gasteiger partial charge in [0.05, 0.1) is 11.7 Å². The van der Waals surface area contributed by atoms with Crippen molar-refractivity contribution in [2.45, 2.75) is 58.0 Å². The van der Waals surface area contributed by atoms with Gasteiger partial charge in [0.2, 0.25) is 5.91 Å². The van der Waals surface area contributed by atoms with Crippen LogP contribution in [0.3, 0.4) is 0 Å². The van der Waals surface area contributed by atoms with E-state index in [4.69, 9.17) is 0 Å². The lowest BCUT2D eigenvalue weighted by Crippen LogP contribution is -2.54. The fraction of sp³-hybridized carbons (Fsp3) is 0.600. The molecule has 2 heterocycles. The molecule has 7 heteroatoms. The smallest absolute Gasteiger partial charge is 0.276 e. The number of hydrogen-bond donors (Lipinski definition) is 0. The molecule has 7 nitrogen and oxygen atoms in total. The maximum absolute atomic E-state index is 13.2. The zero-order chi connectivity index (χ0) is 19.9. The van der Waals surface area contributed by atoms with Crippen LogP contribution in [0, 0.1) is 0 Å². The molecule has 1 aromatic heterocycles. The van der Waals surface area contributed by atoms with Crippen molar-refractivity contribution in [2.75, 3.05) is 19.6 Å². The summed E-state index contributed by atoms with van der Waals surface area (Å²) in [6.45, 7) is 13.7. The van der Waals surface area contributed by atoms with E-state index in [1.165, 1.54) is 4.68 Å². The van der Waals surface area contributed by atoms with Gasteiger partial charge in [-0.1, -0.05) is 17.4 Å². The largest absolute Gasteiger partial charge is 0.342 e. The molecule has 0 N–H and O–H groups in total. The van der Waals surface area contributed by atoms with Gasteiger partial charge in [0.15, 0.2) is 5.69 Å². The molecule has 27 heavy (non-hydrogen) atoms. The first-order valence-corrected chi connectivity index (χ1v) is 9.73. The summed E-state index contributed by atoms with van der Waals surface area (Å²) in [6.07, 6.45) is 9.73. The minimum atomic E-state index is -0.292. The molecule has 0 unspecified atom stereocenters. The molecule has 1 fully saturated rings. The topological polar surface area (TPSA) is 71.3 Å². The van der Waals surface area contributed by atoms with Gasteiger partial charge in [-0.05, 0) is 46.0 Å². The minimum Gasteiger partial charge on any atom is -0.342 e. The van der Waals surface area contributed by atoms with Gasteiger partial charge in [0.1, 0.15) is 6.54 Å². The Kier molecular flexibility index (Phi) is 7.33. The molecule has 0 aromatic carbocycles. The second-order valence-electron chi connectivity index (χ2n) is 6.99. The summed E-state index contributed by atoms with van der Waals surface area (Å²) in [5.41, 5.74) is -0.0126. The fourth-order valence-corrected chi connectivity index (χ4v) is 3.89. The van der Waals surface area contributed by atoms with Crippen molar-refractivity contribution in [3.63, 3.8) is 0 Å². The number of nitrogens with zero attached hydrogens (tertiary/aromatic N) is 5. The van der Waals surface area contributed by atoms with Crippen LogP contribution in [0.25, 0.3) is 0 Å². The highest BCUT2D eigenvalue weighted by atomic mass is 16.2. The summed E-state index contributed by atoms with van der Waals surface area (Å²) in [5, 5.41) is 8.03. The first-order valence-electron chi connectivity index (χ1n) is 9.73. The molecule has 0 saturated carbocycles. The van der Waals surface area contributed by atoms with Crippen LogP contribution < -0.4 is 0 Å². The van der Waals surface area contributed by atoms with Gasteiger partial charge >= 0.3 is 0 Å². The van der Waals surface area contributed by atoms with Gasteiger partial charge in [0.25, 0.3) is 5.91 Å². The molecule has 0 spiro atoms. The molecule has 0 bridgehead atoms. The van der Waals surface area contributed by atoms with Gasteiger partial charge in [-0.15, -0.1) is 18.3 Å². The number of rotatable bonds is 9. The van der Waals surface area contributed by atoms with Gasteiger partial charge in [-0.2, -0.15) is 0 Å². The molecule has 1 saturated heterocycles. The van der Waals surface area contributed by atoms with E-state index in [0.717, 1.165) is 32.1 Å². The summed E-state index contributed by atoms with van der Waals surface area (Å²) in [4.78, 5) is 29.0. The van der Waals surface area contributed by atoms with Crippen LogP contribution in [0.15, 0.2) is 31.5 Å². The maximum atomic E-state index is 13.2. The Bertz CT molecular complexity index is 668. The van der Waals surface area contributed by atoms with Gasteiger partial charge in [-0.3, -0.25) is 9.59 Å². The average molecular weight is 374 g/mol. The van der Waals surface area contributed by atoms with Crippen molar-refractivity contribution in [3.05, 3.63) is 37.2 Å². The Balaban J connectivity index is 2.18. The number of piperidine rings is 1. The van der Waals surface area contributed by atoms with Gasteiger partial charge in [-0.25, -0.2) is 4.68 Å². The van der Waals surface area contributed by atoms with Gasteiger partial charge < -0.3 is 9.80 Å². The lowest BCUT2D eigenvalue weighted by atomic mass is 9.80. The second-order valence-corrected chi connectivity index (χ2v) is 6.99. The molecular formula is C20H31N5O2. The number of likely N-dealkylation sites (tertiary alicyclic amines) is 1. The summed E-state index contributed by atoms with van der Waals surface area (Å²) in [6, 6.07) is 0. The summed E-state index contributed by atoms with van der Waals surface area (Å²) >= 11 is 0. The number of aromatic nitrogens is 3. The van der Waals surface area contributed by atoms with E-state index in [1.807, 2.05) is 30.9 Å². The van der Waals surface area contributed by atoms with Crippen LogP contribution in [-0.4, -0.2) is 61.8 Å². The van der Waals surface area contributed by atoms with Crippen LogP contribution in [0.1, 0.15) is 56.4 Å². The third kappa shape index (κ3) is 4.64. The zero-order valence-electron chi connectivity index (χ0n) is 16.6. The fourth-order valence-electron chi connectivity index (χ4n) is 3.89. The number of carbonyl (C=O) groups excluding carboxylic acids is 2. The highest BCUT2D eigenvalue weighted by Gasteiger charge is 2.40. The van der Waals surface area contributed by atoms with Crippen molar-refractivity contribution in [1.29, 1.82) is 0 Å². The van der Waals surface area contributed by atoms with Crippen molar-refractivity contribution >= 4 is 11.8 Å². The number of likely N-dealkylation sites (N-methyl/N-ethyl adjacent to an activating group) is 1. The Morgan fingerprint density at radius 3 is 2.48 bits per heavy atom. The zero-order valence-corrected chi connectivity index (χ0v) is 16.6. The van der Waals surface area contributed by atoms with E-state index < -0.39 is 0 Å². The van der Waals surface area contributed by atoms with E-state index in [9.17, 15) is 9.59 Å². The Morgan fingerprint density at radius 1 is 1.22 bits per heavy atom. The summed E-state index contributed by atoms with van der Waals surface area (Å²) in [7, 11) is 0. The second kappa shape index (κ2) is 9.48. The predicted molar refractivity (Wildman–Crippen MR) is 105 cm³/mol. The highest BCUT2D eigenvalue weighted by Crippen LogP contribution is 2.36. The molecule has 0 radical (unpaired) electrons. The van der Waals surface area contributed by atoms with Crippen molar-refractivity contribution in [3.8, 4) is 0 Å². The molecule has 148 valence electrons. The molecule has 0 atom stereocenters. The van der Waals surface area contributed by atoms with Gasteiger partial charge in [0, 0.05) is 19.6 Å². The van der Waals surface area contributed by atoms with Crippen molar-refractivity contribution in [1.82, 2.24) is 24.8 Å². The molecule has 2 amide bonds. The average Bonchev–Trinajstić information content (AvgIpc) is 3.11. The Hall–Kier alpha value is -2.44. The molecule has 1 aromatic rings. The first-order chi connectivity index (χ1) is 13.0. The van der Waals surface area contributed by atoms with Crippen LogP contribution in [0.2, 0.25) is 0 Å². The van der Waals surface area contributed by atoms with Crippen molar-refractivity contribution in [2.24, 2.45) is 0 Å². The molecular weight excluding hydrogens is 342 g/mol. The maximum Gasteiger partial charge on any atom is 0.276 e. The van der Waals surface area contributed by atoms with Crippen molar-refractivity contribution < 1.29 is 9.59 Å². The van der Waals surface area contributed by atoms with E-state index in [0.29, 0.717) is 19.6 Å². The van der Waals surface area contributed by atoms with Crippen LogP contribution >= 0.6 is 0 Å². The number of hydrogen-bond acceptors (Lipinski definition) is 4. The Morgan fingerprint density at radius 2 is 1.89 bits per heavy atom. The van der Waals surface area contributed by atoms with Crippen LogP contribution in [0.4, 0.5) is 0 Å². The lowest BCUT2D eigenvalue weighted by molar-refractivity contribution is -0.131. The number of amides is 2. The van der Waals surface area contributed by atoms with Crippen LogP contribution in [0.5, 0.6) is 0 Å². The first kappa shape index (κ1) is 20.9. The minimum absolute atomic E-state index is 0.0328. The normalized spacial score (nSPS) is 16.0. The van der Waals surface area contributed by atoms with E-state index >= 15 is 0 Å². The third-order valence-corrected chi connectivity index (χ3v) is 5.31. The predicted octanol–water partition coefficient (Wildman–Crippen LogP) is 2.66. The quantitative estimate of drug-likeness (QED) is 0.624. The van der Waals surface area contributed by atoms with E-state index in [-0.39, 0.29) is 29.6 Å². The summed E-state index contributed by atoms with van der Waals surface area (Å²) in [5.74, 6) is -0.172. The molecule has 1 aliphatic heterocycles. The molecule has 2 rings (SSSR count). The van der Waals surface area contributed by atoms with E-state index in [2.05, 4.69) is 23.5 Å². The third-order valence-electron chi connectivity index (χ3n) is 5.31. The van der Waals surface area contributed by atoms with E-state index in [1.54, 1.807) is 11.1 Å². The summed E-state index contributed by atoms with van der Waals surface area (Å²) < 4.78 is 1.44. The molecule has 0 aliphatic carbocycles. The monoisotopic (exact) mass is 373 g/mol. The lowest BCUT2D eigenvalue weighted by Gasteiger charge is -2.46. The molecule has 1 aliphatic rings. The standard InChI is InChI=1S/C20H31N5O2/c1-5-11-20(12-6-2)13-9-10-14-25(20)19(27)17-15-24(22-21-17)16-18(26)23(7-3)8-4/h5-6,15H,1-2,7-14,16H2,3-4H3. The SMILES string of the molecule is C=CCC1(CC=C)CCCCN1C(=O)c1cn(CC(=O)N(CC)CC)nn1. The highest BCUT2D eigenvalue weighted by molar-refractivity contribution is 5.92. The Labute approximate surface area is 161 Å².